The summed E-state index contributed by atoms with van der Waals surface area (Å²) in [5.41, 5.74) is 2.68. The highest BCUT2D eigenvalue weighted by Gasteiger charge is 2.27. The molecule has 3 aliphatic rings. The molecule has 0 fully saturated rings. The zero-order valence-corrected chi connectivity index (χ0v) is 19.2. The van der Waals surface area contributed by atoms with Gasteiger partial charge in [-0.2, -0.15) is 4.68 Å². The van der Waals surface area contributed by atoms with E-state index >= 15 is 0 Å². The molecule has 0 saturated heterocycles. The minimum Gasteiger partial charge on any atom is -0.496 e. The molecule has 0 aliphatic carbocycles. The maximum absolute atomic E-state index is 13.3. The molecular weight excluding hydrogens is 436 g/mol. The first-order valence-corrected chi connectivity index (χ1v) is 12.0. The highest BCUT2D eigenvalue weighted by Crippen LogP contribution is 2.31. The number of para-hydroxylation sites is 2. The van der Waals surface area contributed by atoms with Crippen LogP contribution < -0.4 is 10.3 Å². The van der Waals surface area contributed by atoms with E-state index in [0.29, 0.717) is 28.4 Å². The molecule has 2 aromatic carbocycles. The van der Waals surface area contributed by atoms with Crippen molar-refractivity contribution in [2.24, 2.45) is 0 Å². The first-order chi connectivity index (χ1) is 16.2. The Hall–Kier alpha value is -3.39. The zero-order chi connectivity index (χ0) is 22.8. The molecular formula is C25H24N4O3S. The predicted octanol–water partition coefficient (Wildman–Crippen LogP) is 4.24. The molecule has 0 amide bonds. The Bertz CT molecular complexity index is 1330. The van der Waals surface area contributed by atoms with Crippen LogP contribution in [0.3, 0.4) is 0 Å². The van der Waals surface area contributed by atoms with Crippen molar-refractivity contribution in [1.29, 1.82) is 0 Å². The van der Waals surface area contributed by atoms with Crippen LogP contribution in [0.5, 0.6) is 5.75 Å². The van der Waals surface area contributed by atoms with Crippen LogP contribution in [-0.4, -0.2) is 38.0 Å². The molecule has 0 spiro atoms. The Balaban J connectivity index is 1.55. The zero-order valence-electron chi connectivity index (χ0n) is 18.4. The first kappa shape index (κ1) is 21.5. The van der Waals surface area contributed by atoms with E-state index in [1.54, 1.807) is 19.2 Å². The average Bonchev–Trinajstić information content (AvgIpc) is 3.02. The van der Waals surface area contributed by atoms with Gasteiger partial charge in [0.1, 0.15) is 11.3 Å². The third-order valence-corrected chi connectivity index (χ3v) is 6.88. The number of ketones is 1. The van der Waals surface area contributed by atoms with Gasteiger partial charge in [0, 0.05) is 12.2 Å². The Morgan fingerprint density at radius 1 is 1.06 bits per heavy atom. The van der Waals surface area contributed by atoms with E-state index in [1.807, 2.05) is 42.5 Å². The number of methoxy groups -OCH3 is 1. The van der Waals surface area contributed by atoms with Crippen LogP contribution in [0, 0.1) is 0 Å². The van der Waals surface area contributed by atoms with Gasteiger partial charge in [0.15, 0.2) is 16.8 Å². The number of hydrogen-bond donors (Lipinski definition) is 0. The second kappa shape index (κ2) is 9.23. The maximum Gasteiger partial charge on any atom is 0.284 e. The number of carbonyl (C=O) groups is 1. The largest absolute Gasteiger partial charge is 0.496 e. The van der Waals surface area contributed by atoms with Gasteiger partial charge in [0.05, 0.1) is 24.1 Å². The fourth-order valence-electron chi connectivity index (χ4n) is 4.29. The molecule has 0 N–H and O–H groups in total. The minimum atomic E-state index is -0.143. The van der Waals surface area contributed by atoms with E-state index in [4.69, 9.17) is 9.72 Å². The molecule has 0 bridgehead atoms. The number of nitrogens with zero attached hydrogens (tertiary/aromatic N) is 4. The normalized spacial score (nSPS) is 13.5. The smallest absolute Gasteiger partial charge is 0.284 e. The second-order valence-electron chi connectivity index (χ2n) is 7.97. The summed E-state index contributed by atoms with van der Waals surface area (Å²) in [6.45, 7) is 0.777. The van der Waals surface area contributed by atoms with E-state index in [0.717, 1.165) is 43.1 Å². The summed E-state index contributed by atoms with van der Waals surface area (Å²) < 4.78 is 8.89. The van der Waals surface area contributed by atoms with Crippen LogP contribution in [0.4, 0.5) is 0 Å². The van der Waals surface area contributed by atoms with Gasteiger partial charge >= 0.3 is 0 Å². The fourth-order valence-corrected chi connectivity index (χ4v) is 5.21. The second-order valence-corrected chi connectivity index (χ2v) is 8.91. The van der Waals surface area contributed by atoms with Crippen LogP contribution in [0.15, 0.2) is 64.5 Å². The molecule has 3 heterocycles. The number of Topliss-reactive ketones (excluding diaryl/α,β-unsaturated/α-hetero) is 1. The number of carbonyl (C=O) groups excluding carboxylic acids is 1. The fraction of sp³-hybridized carbons (Fsp3) is 0.280. The van der Waals surface area contributed by atoms with Gasteiger partial charge in [-0.25, -0.2) is 4.98 Å². The van der Waals surface area contributed by atoms with Crippen molar-refractivity contribution in [1.82, 2.24) is 19.3 Å². The van der Waals surface area contributed by atoms with Gasteiger partial charge in [-0.15, -0.1) is 5.10 Å². The number of ether oxygens (including phenoxy) is 1. The van der Waals surface area contributed by atoms with Crippen LogP contribution in [0.25, 0.3) is 17.1 Å². The summed E-state index contributed by atoms with van der Waals surface area (Å²) in [5.74, 6) is 1.20. The van der Waals surface area contributed by atoms with E-state index in [-0.39, 0.29) is 17.1 Å². The first-order valence-electron chi connectivity index (χ1n) is 11.0. The van der Waals surface area contributed by atoms with E-state index in [2.05, 4.69) is 9.67 Å². The number of thioether (sulfide) groups is 1. The van der Waals surface area contributed by atoms with E-state index in [9.17, 15) is 9.59 Å². The molecule has 8 heteroatoms. The Labute approximate surface area is 195 Å². The van der Waals surface area contributed by atoms with Gasteiger partial charge in [0.2, 0.25) is 0 Å². The Morgan fingerprint density at radius 3 is 2.67 bits per heavy atom. The molecule has 2 aromatic rings. The maximum atomic E-state index is 13.3. The molecule has 0 saturated carbocycles. The number of fused-ring (bicyclic) bond motifs is 3. The van der Waals surface area contributed by atoms with Crippen molar-refractivity contribution in [3.8, 4) is 22.8 Å². The van der Waals surface area contributed by atoms with Crippen molar-refractivity contribution in [2.75, 3.05) is 12.9 Å². The lowest BCUT2D eigenvalue weighted by atomic mass is 10.1. The van der Waals surface area contributed by atoms with Crippen LogP contribution >= 0.6 is 11.8 Å². The quantitative estimate of drug-likeness (QED) is 0.243. The Morgan fingerprint density at radius 2 is 1.85 bits per heavy atom. The van der Waals surface area contributed by atoms with Gasteiger partial charge in [-0.05, 0) is 43.5 Å². The van der Waals surface area contributed by atoms with Gasteiger partial charge < -0.3 is 9.30 Å². The summed E-state index contributed by atoms with van der Waals surface area (Å²) in [6.07, 6.45) is 3.91. The van der Waals surface area contributed by atoms with Gasteiger partial charge in [-0.3, -0.25) is 9.59 Å². The molecule has 3 aliphatic heterocycles. The van der Waals surface area contributed by atoms with Crippen LogP contribution in [0.2, 0.25) is 0 Å². The topological polar surface area (TPSA) is 79.0 Å². The molecule has 0 aromatic heterocycles. The van der Waals surface area contributed by atoms with Crippen molar-refractivity contribution in [3.63, 3.8) is 0 Å². The summed E-state index contributed by atoms with van der Waals surface area (Å²) in [6, 6.07) is 16.6. The van der Waals surface area contributed by atoms with Crippen molar-refractivity contribution in [3.05, 3.63) is 76.2 Å². The molecule has 7 nitrogen and oxygen atoms in total. The van der Waals surface area contributed by atoms with Crippen molar-refractivity contribution < 1.29 is 9.53 Å². The molecule has 5 rings (SSSR count). The van der Waals surface area contributed by atoms with Gasteiger partial charge in [0.25, 0.3) is 5.56 Å². The summed E-state index contributed by atoms with van der Waals surface area (Å²) in [7, 11) is 1.56. The molecule has 0 radical (unpaired) electrons. The highest BCUT2D eigenvalue weighted by molar-refractivity contribution is 7.99. The molecule has 0 atom stereocenters. The summed E-state index contributed by atoms with van der Waals surface area (Å²) in [5, 5.41) is 5.28. The highest BCUT2D eigenvalue weighted by atomic mass is 32.2. The third kappa shape index (κ3) is 4.06. The average molecular weight is 461 g/mol. The molecule has 0 unspecified atom stereocenters. The van der Waals surface area contributed by atoms with Crippen molar-refractivity contribution in [2.45, 2.75) is 37.4 Å². The number of aromatic nitrogens is 4. The lowest BCUT2D eigenvalue weighted by Gasteiger charge is -2.17. The standard InChI is InChI=1S/C25H24N4O3S/c1-32-21-14-8-7-12-18(21)20(30)16-33-25-26-23-22(19-13-6-3-9-15-28(19)25)24(31)29(27-23)17-10-4-2-5-11-17/h2,4-5,7-8,10-12,14H,3,6,9,13,15-16H2,1H3. The minimum absolute atomic E-state index is 0.0263. The van der Waals surface area contributed by atoms with E-state index in [1.165, 1.54) is 16.4 Å². The summed E-state index contributed by atoms with van der Waals surface area (Å²) >= 11 is 1.39. The lowest BCUT2D eigenvalue weighted by molar-refractivity contribution is 0.101. The molecule has 33 heavy (non-hydrogen) atoms. The SMILES string of the molecule is COc1ccccc1C(=O)CSc1nc2nn(-c3ccccc3)c(=O)c-2c2n1CCCCC2. The van der Waals surface area contributed by atoms with Crippen molar-refractivity contribution >= 4 is 17.5 Å². The summed E-state index contributed by atoms with van der Waals surface area (Å²) in [4.78, 5) is 31.0. The van der Waals surface area contributed by atoms with Crippen LogP contribution in [-0.2, 0) is 13.0 Å². The van der Waals surface area contributed by atoms with Crippen LogP contribution in [0.1, 0.15) is 35.3 Å². The number of rotatable bonds is 6. The monoisotopic (exact) mass is 460 g/mol. The number of hydrogen-bond acceptors (Lipinski definition) is 6. The molecule has 168 valence electrons. The number of benzene rings is 2. The Kier molecular flexibility index (Phi) is 6.00. The lowest BCUT2D eigenvalue weighted by Crippen LogP contribution is -2.19. The predicted molar refractivity (Wildman–Crippen MR) is 128 cm³/mol. The third-order valence-electron chi connectivity index (χ3n) is 5.91. The van der Waals surface area contributed by atoms with Gasteiger partial charge in [-0.1, -0.05) is 48.5 Å². The van der Waals surface area contributed by atoms with E-state index < -0.39 is 0 Å².